The Bertz CT molecular complexity index is 646. The van der Waals surface area contributed by atoms with Gasteiger partial charge in [-0.25, -0.2) is 9.18 Å². The lowest BCUT2D eigenvalue weighted by Crippen LogP contribution is -1.96. The first-order valence-corrected chi connectivity index (χ1v) is 6.30. The van der Waals surface area contributed by atoms with Crippen LogP contribution in [0.15, 0.2) is 40.9 Å². The fourth-order valence-corrected chi connectivity index (χ4v) is 1.95. The molecule has 2 aromatic carbocycles. The molecule has 19 heavy (non-hydrogen) atoms. The van der Waals surface area contributed by atoms with Crippen LogP contribution < -0.4 is 4.74 Å². The molecule has 0 fully saturated rings. The van der Waals surface area contributed by atoms with Crippen LogP contribution in [-0.4, -0.2) is 11.1 Å². The van der Waals surface area contributed by atoms with E-state index in [-0.39, 0.29) is 22.1 Å². The van der Waals surface area contributed by atoms with Crippen LogP contribution in [0.3, 0.4) is 0 Å². The Labute approximate surface area is 121 Å². The smallest absolute Gasteiger partial charge is 0.335 e. The van der Waals surface area contributed by atoms with Crippen molar-refractivity contribution in [2.75, 3.05) is 0 Å². The van der Waals surface area contributed by atoms with Crippen molar-refractivity contribution in [2.45, 2.75) is 0 Å². The van der Waals surface area contributed by atoms with Gasteiger partial charge in [-0.1, -0.05) is 27.5 Å². The second kappa shape index (κ2) is 5.59. The molecule has 0 atom stereocenters. The van der Waals surface area contributed by atoms with E-state index in [2.05, 4.69) is 15.9 Å². The quantitative estimate of drug-likeness (QED) is 0.874. The highest BCUT2D eigenvalue weighted by atomic mass is 79.9. The fraction of sp³-hybridized carbons (Fsp3) is 0. The lowest BCUT2D eigenvalue weighted by atomic mass is 10.2. The van der Waals surface area contributed by atoms with E-state index >= 15 is 0 Å². The van der Waals surface area contributed by atoms with Gasteiger partial charge in [0.15, 0.2) is 11.6 Å². The first-order chi connectivity index (χ1) is 8.97. The highest BCUT2D eigenvalue weighted by molar-refractivity contribution is 9.10. The van der Waals surface area contributed by atoms with Crippen LogP contribution in [0.2, 0.25) is 5.02 Å². The summed E-state index contributed by atoms with van der Waals surface area (Å²) >= 11 is 9.09. The minimum Gasteiger partial charge on any atom is -0.478 e. The van der Waals surface area contributed by atoms with Crippen LogP contribution in [-0.2, 0) is 0 Å². The van der Waals surface area contributed by atoms with E-state index in [4.69, 9.17) is 21.4 Å². The molecule has 0 unspecified atom stereocenters. The number of benzene rings is 2. The molecule has 2 aromatic rings. The highest BCUT2D eigenvalue weighted by Crippen LogP contribution is 2.32. The third kappa shape index (κ3) is 3.24. The molecular weight excluding hydrogens is 338 g/mol. The summed E-state index contributed by atoms with van der Waals surface area (Å²) in [6.45, 7) is 0. The zero-order chi connectivity index (χ0) is 14.0. The van der Waals surface area contributed by atoms with Crippen molar-refractivity contribution in [3.63, 3.8) is 0 Å². The van der Waals surface area contributed by atoms with Crippen molar-refractivity contribution < 1.29 is 19.0 Å². The largest absolute Gasteiger partial charge is 0.478 e. The number of rotatable bonds is 3. The van der Waals surface area contributed by atoms with E-state index in [0.29, 0.717) is 4.47 Å². The van der Waals surface area contributed by atoms with Gasteiger partial charge in [-0.2, -0.15) is 0 Å². The van der Waals surface area contributed by atoms with Crippen molar-refractivity contribution in [1.29, 1.82) is 0 Å². The molecule has 0 saturated heterocycles. The summed E-state index contributed by atoms with van der Waals surface area (Å²) < 4.78 is 19.5. The number of halogens is 3. The first-order valence-electron chi connectivity index (χ1n) is 5.13. The van der Waals surface area contributed by atoms with Crippen LogP contribution in [0.25, 0.3) is 0 Å². The van der Waals surface area contributed by atoms with E-state index in [9.17, 15) is 9.18 Å². The summed E-state index contributed by atoms with van der Waals surface area (Å²) in [6.07, 6.45) is 0. The van der Waals surface area contributed by atoms with Gasteiger partial charge in [0.1, 0.15) is 5.75 Å². The lowest BCUT2D eigenvalue weighted by molar-refractivity contribution is 0.0697. The topological polar surface area (TPSA) is 46.5 Å². The number of ether oxygens (including phenoxy) is 1. The van der Waals surface area contributed by atoms with Crippen LogP contribution in [0.5, 0.6) is 11.5 Å². The molecule has 0 aliphatic carbocycles. The van der Waals surface area contributed by atoms with Crippen LogP contribution >= 0.6 is 27.5 Å². The third-order valence-electron chi connectivity index (χ3n) is 2.29. The number of hydrogen-bond acceptors (Lipinski definition) is 2. The van der Waals surface area contributed by atoms with Crippen molar-refractivity contribution >= 4 is 33.5 Å². The van der Waals surface area contributed by atoms with Crippen molar-refractivity contribution in [2.24, 2.45) is 0 Å². The minimum atomic E-state index is -1.10. The SMILES string of the molecule is O=C(O)c1ccc(Oc2cc(Br)ccc2F)c(Cl)c1. The van der Waals surface area contributed by atoms with Gasteiger partial charge in [0.2, 0.25) is 0 Å². The Morgan fingerprint density at radius 3 is 2.58 bits per heavy atom. The summed E-state index contributed by atoms with van der Waals surface area (Å²) in [5, 5.41) is 8.90. The van der Waals surface area contributed by atoms with Crippen molar-refractivity contribution in [3.8, 4) is 11.5 Å². The molecule has 1 N–H and O–H groups in total. The van der Waals surface area contributed by atoms with Gasteiger partial charge >= 0.3 is 5.97 Å². The van der Waals surface area contributed by atoms with Crippen LogP contribution in [0, 0.1) is 5.82 Å². The monoisotopic (exact) mass is 344 g/mol. The maximum Gasteiger partial charge on any atom is 0.335 e. The Morgan fingerprint density at radius 1 is 1.21 bits per heavy atom. The maximum atomic E-state index is 13.5. The van der Waals surface area contributed by atoms with Crippen LogP contribution in [0.1, 0.15) is 10.4 Å². The van der Waals surface area contributed by atoms with Gasteiger partial charge in [-0.3, -0.25) is 0 Å². The van der Waals surface area contributed by atoms with Crippen molar-refractivity contribution in [1.82, 2.24) is 0 Å². The number of carboxylic acid groups (broad SMARTS) is 1. The molecule has 98 valence electrons. The van der Waals surface area contributed by atoms with Crippen molar-refractivity contribution in [3.05, 3.63) is 57.3 Å². The molecule has 0 spiro atoms. The number of hydrogen-bond donors (Lipinski definition) is 1. The molecule has 0 heterocycles. The maximum absolute atomic E-state index is 13.5. The second-order valence-electron chi connectivity index (χ2n) is 3.63. The molecular formula is C13H7BrClFO3. The molecule has 0 radical (unpaired) electrons. The summed E-state index contributed by atoms with van der Waals surface area (Å²) in [4.78, 5) is 10.8. The molecule has 0 aliphatic heterocycles. The Kier molecular flexibility index (Phi) is 4.07. The average Bonchev–Trinajstić information content (AvgIpc) is 2.36. The summed E-state index contributed by atoms with van der Waals surface area (Å²) in [6, 6.07) is 8.20. The fourth-order valence-electron chi connectivity index (χ4n) is 1.39. The molecule has 0 amide bonds. The average molecular weight is 346 g/mol. The predicted octanol–water partition coefficient (Wildman–Crippen LogP) is 4.73. The molecule has 2 rings (SSSR count). The van der Waals surface area contributed by atoms with Crippen LogP contribution in [0.4, 0.5) is 4.39 Å². The zero-order valence-electron chi connectivity index (χ0n) is 9.36. The minimum absolute atomic E-state index is 0.000602. The third-order valence-corrected chi connectivity index (χ3v) is 3.08. The number of carbonyl (C=O) groups is 1. The lowest BCUT2D eigenvalue weighted by Gasteiger charge is -2.09. The highest BCUT2D eigenvalue weighted by Gasteiger charge is 2.11. The van der Waals surface area contributed by atoms with Gasteiger partial charge in [-0.05, 0) is 36.4 Å². The van der Waals surface area contributed by atoms with E-state index in [1.165, 1.54) is 36.4 Å². The standard InChI is InChI=1S/C13H7BrClFO3/c14-8-2-3-10(16)12(6-8)19-11-4-1-7(13(17)18)5-9(11)15/h1-6H,(H,17,18). The van der Waals surface area contributed by atoms with E-state index in [1.807, 2.05) is 0 Å². The van der Waals surface area contributed by atoms with E-state index in [1.54, 1.807) is 0 Å². The van der Waals surface area contributed by atoms with Gasteiger partial charge in [-0.15, -0.1) is 0 Å². The summed E-state index contributed by atoms with van der Waals surface area (Å²) in [5.74, 6) is -1.45. The van der Waals surface area contributed by atoms with Gasteiger partial charge < -0.3 is 9.84 Å². The molecule has 6 heteroatoms. The zero-order valence-corrected chi connectivity index (χ0v) is 11.7. The number of aromatic carboxylic acids is 1. The van der Waals surface area contributed by atoms with Gasteiger partial charge in [0.25, 0.3) is 0 Å². The molecule has 0 bridgehead atoms. The molecule has 0 saturated carbocycles. The first kappa shape index (κ1) is 13.8. The second-order valence-corrected chi connectivity index (χ2v) is 4.95. The summed E-state index contributed by atoms with van der Waals surface area (Å²) in [7, 11) is 0. The van der Waals surface area contributed by atoms with E-state index in [0.717, 1.165) is 0 Å². The van der Waals surface area contributed by atoms with E-state index < -0.39 is 11.8 Å². The Hall–Kier alpha value is -1.59. The molecule has 0 aliphatic rings. The van der Waals surface area contributed by atoms with Gasteiger partial charge in [0.05, 0.1) is 10.6 Å². The Morgan fingerprint density at radius 2 is 1.95 bits per heavy atom. The molecule has 0 aromatic heterocycles. The Balaban J connectivity index is 2.33. The number of carboxylic acids is 1. The normalized spacial score (nSPS) is 10.3. The molecule has 3 nitrogen and oxygen atoms in total. The predicted molar refractivity (Wildman–Crippen MR) is 72.6 cm³/mol. The summed E-state index contributed by atoms with van der Waals surface area (Å²) in [5.41, 5.74) is 0.0343. The van der Waals surface area contributed by atoms with Gasteiger partial charge in [0, 0.05) is 4.47 Å².